The first kappa shape index (κ1) is 12.1. The quantitative estimate of drug-likeness (QED) is 0.753. The van der Waals surface area contributed by atoms with Crippen molar-refractivity contribution in [1.82, 2.24) is 4.98 Å². The molecular weight excluding hydrogens is 214 g/mol. The standard InChI is InChI=1S/C14H19NO2/c1-4-12-11(14(16)17-5-2)8-10-7-6-9(3)13(10)15-12/h8-9H,4-7H2,1-3H3. The number of rotatable bonds is 3. The minimum atomic E-state index is -0.237. The summed E-state index contributed by atoms with van der Waals surface area (Å²) in [7, 11) is 0. The van der Waals surface area contributed by atoms with Crippen molar-refractivity contribution in [3.8, 4) is 0 Å². The van der Waals surface area contributed by atoms with E-state index in [4.69, 9.17) is 4.74 Å². The Kier molecular flexibility index (Phi) is 3.46. The molecule has 0 saturated carbocycles. The lowest BCUT2D eigenvalue weighted by Gasteiger charge is -2.11. The summed E-state index contributed by atoms with van der Waals surface area (Å²) in [6, 6.07) is 1.99. The second-order valence-electron chi connectivity index (χ2n) is 4.54. The maximum Gasteiger partial charge on any atom is 0.339 e. The van der Waals surface area contributed by atoms with Crippen LogP contribution in [0.15, 0.2) is 6.07 Å². The predicted octanol–water partition coefficient (Wildman–Crippen LogP) is 2.87. The number of ether oxygens (including phenoxy) is 1. The van der Waals surface area contributed by atoms with Crippen molar-refractivity contribution in [1.29, 1.82) is 0 Å². The van der Waals surface area contributed by atoms with Gasteiger partial charge in [-0.15, -0.1) is 0 Å². The van der Waals surface area contributed by atoms with E-state index in [0.717, 1.165) is 25.0 Å². The van der Waals surface area contributed by atoms with Gasteiger partial charge in [0, 0.05) is 5.69 Å². The number of aryl methyl sites for hydroxylation is 2. The SMILES string of the molecule is CCOC(=O)c1cc2c(nc1CC)C(C)CC2. The van der Waals surface area contributed by atoms with E-state index in [1.165, 1.54) is 11.3 Å². The monoisotopic (exact) mass is 233 g/mol. The van der Waals surface area contributed by atoms with Gasteiger partial charge < -0.3 is 4.74 Å². The predicted molar refractivity (Wildman–Crippen MR) is 66.3 cm³/mol. The molecular formula is C14H19NO2. The van der Waals surface area contributed by atoms with Crippen LogP contribution in [0.2, 0.25) is 0 Å². The third-order valence-electron chi connectivity index (χ3n) is 3.36. The second kappa shape index (κ2) is 4.86. The number of carbonyl (C=O) groups is 1. The van der Waals surface area contributed by atoms with Crippen LogP contribution in [0.5, 0.6) is 0 Å². The third-order valence-corrected chi connectivity index (χ3v) is 3.36. The van der Waals surface area contributed by atoms with Crippen molar-refractivity contribution in [2.24, 2.45) is 0 Å². The van der Waals surface area contributed by atoms with Crippen molar-refractivity contribution < 1.29 is 9.53 Å². The molecule has 1 heterocycles. The van der Waals surface area contributed by atoms with Crippen molar-refractivity contribution in [3.05, 3.63) is 28.6 Å². The lowest BCUT2D eigenvalue weighted by Crippen LogP contribution is -2.11. The van der Waals surface area contributed by atoms with Crippen LogP contribution in [0, 0.1) is 0 Å². The molecule has 1 aliphatic rings. The van der Waals surface area contributed by atoms with Gasteiger partial charge in [-0.3, -0.25) is 4.98 Å². The topological polar surface area (TPSA) is 39.2 Å². The first-order valence-corrected chi connectivity index (χ1v) is 6.37. The molecule has 1 aliphatic carbocycles. The van der Waals surface area contributed by atoms with Crippen molar-refractivity contribution in [2.75, 3.05) is 6.61 Å². The highest BCUT2D eigenvalue weighted by Crippen LogP contribution is 2.32. The molecule has 0 aromatic carbocycles. The fraction of sp³-hybridized carbons (Fsp3) is 0.571. The minimum Gasteiger partial charge on any atom is -0.462 e. The van der Waals surface area contributed by atoms with Gasteiger partial charge in [-0.05, 0) is 43.7 Å². The molecule has 1 unspecified atom stereocenters. The highest BCUT2D eigenvalue weighted by Gasteiger charge is 2.24. The van der Waals surface area contributed by atoms with Crippen LogP contribution in [0.1, 0.15) is 60.4 Å². The molecule has 0 fully saturated rings. The Hall–Kier alpha value is -1.38. The normalized spacial score (nSPS) is 17.9. The van der Waals surface area contributed by atoms with Gasteiger partial charge in [-0.2, -0.15) is 0 Å². The molecule has 3 nitrogen and oxygen atoms in total. The van der Waals surface area contributed by atoms with Gasteiger partial charge in [0.15, 0.2) is 0 Å². The Bertz CT molecular complexity index is 440. The van der Waals surface area contributed by atoms with Gasteiger partial charge in [0.1, 0.15) is 0 Å². The fourth-order valence-corrected chi connectivity index (χ4v) is 2.40. The molecule has 2 rings (SSSR count). The van der Waals surface area contributed by atoms with Crippen molar-refractivity contribution >= 4 is 5.97 Å². The van der Waals surface area contributed by atoms with Gasteiger partial charge in [0.05, 0.1) is 17.9 Å². The van der Waals surface area contributed by atoms with Gasteiger partial charge >= 0.3 is 5.97 Å². The van der Waals surface area contributed by atoms with E-state index in [0.29, 0.717) is 18.1 Å². The molecule has 1 atom stereocenters. The van der Waals surface area contributed by atoms with Crippen LogP contribution in [0.3, 0.4) is 0 Å². The number of esters is 1. The lowest BCUT2D eigenvalue weighted by atomic mass is 10.1. The number of fused-ring (bicyclic) bond motifs is 1. The van der Waals surface area contributed by atoms with Gasteiger partial charge in [-0.25, -0.2) is 4.79 Å². The summed E-state index contributed by atoms with van der Waals surface area (Å²) in [5, 5.41) is 0. The highest BCUT2D eigenvalue weighted by atomic mass is 16.5. The largest absolute Gasteiger partial charge is 0.462 e. The molecule has 0 radical (unpaired) electrons. The fourth-order valence-electron chi connectivity index (χ4n) is 2.40. The summed E-state index contributed by atoms with van der Waals surface area (Å²) < 4.78 is 5.08. The number of nitrogens with zero attached hydrogens (tertiary/aromatic N) is 1. The van der Waals surface area contributed by atoms with E-state index in [1.807, 2.05) is 19.9 Å². The van der Waals surface area contributed by atoms with E-state index in [-0.39, 0.29) is 5.97 Å². The first-order valence-electron chi connectivity index (χ1n) is 6.37. The zero-order chi connectivity index (χ0) is 12.4. The van der Waals surface area contributed by atoms with E-state index in [9.17, 15) is 4.79 Å². The van der Waals surface area contributed by atoms with Gasteiger partial charge in [0.25, 0.3) is 0 Å². The number of carbonyl (C=O) groups excluding carboxylic acids is 1. The van der Waals surface area contributed by atoms with E-state index in [2.05, 4.69) is 11.9 Å². The zero-order valence-electron chi connectivity index (χ0n) is 10.7. The molecule has 0 N–H and O–H groups in total. The van der Waals surface area contributed by atoms with E-state index >= 15 is 0 Å². The summed E-state index contributed by atoms with van der Waals surface area (Å²) in [5.74, 6) is 0.283. The molecule has 1 aromatic rings. The van der Waals surface area contributed by atoms with Crippen LogP contribution >= 0.6 is 0 Å². The van der Waals surface area contributed by atoms with Crippen molar-refractivity contribution in [3.63, 3.8) is 0 Å². The minimum absolute atomic E-state index is 0.237. The van der Waals surface area contributed by atoms with Crippen LogP contribution in [0.25, 0.3) is 0 Å². The van der Waals surface area contributed by atoms with Crippen LogP contribution < -0.4 is 0 Å². The molecule has 0 spiro atoms. The Morgan fingerprint density at radius 2 is 2.29 bits per heavy atom. The summed E-state index contributed by atoms with van der Waals surface area (Å²) in [6.07, 6.45) is 2.94. The Balaban J connectivity index is 2.42. The van der Waals surface area contributed by atoms with E-state index < -0.39 is 0 Å². The molecule has 0 saturated heterocycles. The molecule has 0 amide bonds. The van der Waals surface area contributed by atoms with Crippen LogP contribution in [-0.2, 0) is 17.6 Å². The first-order chi connectivity index (χ1) is 8.17. The number of hydrogen-bond acceptors (Lipinski definition) is 3. The Labute approximate surface area is 102 Å². The molecule has 0 aliphatic heterocycles. The number of hydrogen-bond donors (Lipinski definition) is 0. The second-order valence-corrected chi connectivity index (χ2v) is 4.54. The molecule has 17 heavy (non-hydrogen) atoms. The zero-order valence-corrected chi connectivity index (χ0v) is 10.7. The van der Waals surface area contributed by atoms with Crippen LogP contribution in [-0.4, -0.2) is 17.6 Å². The summed E-state index contributed by atoms with van der Waals surface area (Å²) in [6.45, 7) is 6.46. The highest BCUT2D eigenvalue weighted by molar-refractivity contribution is 5.91. The third kappa shape index (κ3) is 2.19. The summed E-state index contributed by atoms with van der Waals surface area (Å²) in [5.41, 5.74) is 3.92. The van der Waals surface area contributed by atoms with Crippen molar-refractivity contribution in [2.45, 2.75) is 46.0 Å². The maximum atomic E-state index is 11.8. The van der Waals surface area contributed by atoms with Gasteiger partial charge in [0.2, 0.25) is 0 Å². The molecule has 0 bridgehead atoms. The number of aromatic nitrogens is 1. The Morgan fingerprint density at radius 3 is 2.94 bits per heavy atom. The smallest absolute Gasteiger partial charge is 0.339 e. The molecule has 3 heteroatoms. The lowest BCUT2D eigenvalue weighted by molar-refractivity contribution is 0.0524. The molecule has 92 valence electrons. The maximum absolute atomic E-state index is 11.8. The van der Waals surface area contributed by atoms with E-state index in [1.54, 1.807) is 0 Å². The summed E-state index contributed by atoms with van der Waals surface area (Å²) in [4.78, 5) is 16.5. The average Bonchev–Trinajstić information content (AvgIpc) is 2.69. The Morgan fingerprint density at radius 1 is 1.53 bits per heavy atom. The van der Waals surface area contributed by atoms with Crippen LogP contribution in [0.4, 0.5) is 0 Å². The average molecular weight is 233 g/mol. The summed E-state index contributed by atoms with van der Waals surface area (Å²) >= 11 is 0. The number of pyridine rings is 1. The molecule has 1 aromatic heterocycles. The van der Waals surface area contributed by atoms with Gasteiger partial charge in [-0.1, -0.05) is 13.8 Å².